The average molecular weight is 509 g/mol. The lowest BCUT2D eigenvalue weighted by atomic mass is 10.0. The van der Waals surface area contributed by atoms with E-state index in [2.05, 4.69) is 5.32 Å². The highest BCUT2D eigenvalue weighted by molar-refractivity contribution is 6.04. The lowest BCUT2D eigenvalue weighted by Gasteiger charge is -2.12. The lowest BCUT2D eigenvalue weighted by Crippen LogP contribution is -2.18. The Morgan fingerprint density at radius 3 is 2.18 bits per heavy atom. The Kier molecular flexibility index (Phi) is 9.02. The van der Waals surface area contributed by atoms with Crippen LogP contribution in [0.2, 0.25) is 0 Å². The molecule has 0 bridgehead atoms. The van der Waals surface area contributed by atoms with Crippen molar-refractivity contribution in [1.29, 1.82) is 0 Å². The number of hydroxylamine groups is 1. The Morgan fingerprint density at radius 1 is 0.816 bits per heavy atom. The van der Waals surface area contributed by atoms with Crippen molar-refractivity contribution in [2.75, 3.05) is 19.0 Å². The number of hydrogen-bond donors (Lipinski definition) is 3. The van der Waals surface area contributed by atoms with Gasteiger partial charge in [-0.1, -0.05) is 54.6 Å². The summed E-state index contributed by atoms with van der Waals surface area (Å²) in [5.41, 5.74) is 6.72. The molecular formula is C31H28N2O5. The van der Waals surface area contributed by atoms with Gasteiger partial charge in [0.2, 0.25) is 0 Å². The highest BCUT2D eigenvalue weighted by Crippen LogP contribution is 2.27. The second-order valence-corrected chi connectivity index (χ2v) is 8.45. The van der Waals surface area contributed by atoms with Gasteiger partial charge in [-0.05, 0) is 76.9 Å². The first-order valence-corrected chi connectivity index (χ1v) is 12.0. The number of anilines is 1. The number of hydrogen-bond acceptors (Lipinski definition) is 5. The van der Waals surface area contributed by atoms with Crippen molar-refractivity contribution in [2.45, 2.75) is 6.61 Å². The Labute approximate surface area is 221 Å². The third-order valence-electron chi connectivity index (χ3n) is 5.78. The van der Waals surface area contributed by atoms with Crippen LogP contribution in [0, 0.1) is 0 Å². The fourth-order valence-electron chi connectivity index (χ4n) is 3.83. The first-order chi connectivity index (χ1) is 18.6. The van der Waals surface area contributed by atoms with Gasteiger partial charge < -0.3 is 14.8 Å². The van der Waals surface area contributed by atoms with Crippen molar-refractivity contribution in [3.63, 3.8) is 0 Å². The van der Waals surface area contributed by atoms with Crippen LogP contribution < -0.4 is 15.5 Å². The van der Waals surface area contributed by atoms with Crippen molar-refractivity contribution in [1.82, 2.24) is 5.48 Å². The predicted octanol–water partition coefficient (Wildman–Crippen LogP) is 5.96. The molecule has 0 aliphatic heterocycles. The summed E-state index contributed by atoms with van der Waals surface area (Å²) in [7, 11) is 1.57. The van der Waals surface area contributed by atoms with Gasteiger partial charge in [0.1, 0.15) is 5.75 Å². The molecular weight excluding hydrogens is 480 g/mol. The van der Waals surface area contributed by atoms with Gasteiger partial charge in [0.25, 0.3) is 11.8 Å². The Morgan fingerprint density at radius 2 is 1.50 bits per heavy atom. The zero-order valence-corrected chi connectivity index (χ0v) is 20.9. The molecule has 0 aliphatic carbocycles. The second-order valence-electron chi connectivity index (χ2n) is 8.45. The van der Waals surface area contributed by atoms with E-state index in [0.29, 0.717) is 35.8 Å². The summed E-state index contributed by atoms with van der Waals surface area (Å²) in [6.07, 6.45) is 3.96. The van der Waals surface area contributed by atoms with Crippen LogP contribution in [0.25, 0.3) is 17.2 Å². The third kappa shape index (κ3) is 7.16. The summed E-state index contributed by atoms with van der Waals surface area (Å²) in [6, 6.07) is 29.4. The number of amides is 2. The van der Waals surface area contributed by atoms with Gasteiger partial charge in [0, 0.05) is 16.8 Å². The number of carbonyl (C=O) groups is 2. The lowest BCUT2D eigenvalue weighted by molar-refractivity contribution is 0.0706. The van der Waals surface area contributed by atoms with E-state index in [1.54, 1.807) is 61.1 Å². The molecule has 4 aromatic rings. The molecule has 0 aromatic heterocycles. The molecule has 0 heterocycles. The van der Waals surface area contributed by atoms with Crippen molar-refractivity contribution < 1.29 is 24.3 Å². The Hall–Kier alpha value is -4.72. The minimum Gasteiger partial charge on any atom is -0.497 e. The van der Waals surface area contributed by atoms with Crippen LogP contribution in [0.4, 0.5) is 5.69 Å². The number of benzene rings is 4. The molecule has 4 aromatic carbocycles. The van der Waals surface area contributed by atoms with Crippen LogP contribution in [-0.4, -0.2) is 30.7 Å². The monoisotopic (exact) mass is 508 g/mol. The molecule has 0 radical (unpaired) electrons. The molecule has 0 spiro atoms. The number of rotatable bonds is 10. The molecule has 3 N–H and O–H groups in total. The van der Waals surface area contributed by atoms with Crippen molar-refractivity contribution in [3.05, 3.63) is 125 Å². The topological polar surface area (TPSA) is 96.9 Å². The Bertz CT molecular complexity index is 1400. The van der Waals surface area contributed by atoms with Gasteiger partial charge in [-0.2, -0.15) is 0 Å². The number of methoxy groups -OCH3 is 1. The normalized spacial score (nSPS) is 10.8. The molecule has 4 rings (SSSR count). The second kappa shape index (κ2) is 13.0. The fraction of sp³-hybridized carbons (Fsp3) is 0.0968. The maximum Gasteiger partial charge on any atom is 0.274 e. The van der Waals surface area contributed by atoms with E-state index in [1.807, 2.05) is 60.7 Å². The molecule has 0 saturated heterocycles. The summed E-state index contributed by atoms with van der Waals surface area (Å²) in [6.45, 7) is 0.765. The minimum atomic E-state index is -0.588. The molecule has 0 atom stereocenters. The van der Waals surface area contributed by atoms with Gasteiger partial charge >= 0.3 is 0 Å². The highest BCUT2D eigenvalue weighted by Gasteiger charge is 2.11. The molecule has 2 amide bonds. The van der Waals surface area contributed by atoms with Crippen molar-refractivity contribution in [3.8, 4) is 16.9 Å². The van der Waals surface area contributed by atoms with Crippen molar-refractivity contribution >= 4 is 23.6 Å². The van der Waals surface area contributed by atoms with E-state index < -0.39 is 5.91 Å². The van der Waals surface area contributed by atoms with E-state index in [1.165, 1.54) is 0 Å². The van der Waals surface area contributed by atoms with E-state index in [-0.39, 0.29) is 5.91 Å². The molecule has 0 fully saturated rings. The van der Waals surface area contributed by atoms with Gasteiger partial charge in [0.05, 0.1) is 20.3 Å². The van der Waals surface area contributed by atoms with E-state index >= 15 is 0 Å². The van der Waals surface area contributed by atoms with Crippen LogP contribution in [-0.2, 0) is 11.3 Å². The standard InChI is InChI=1S/C31H28N2O5/c1-37-29-15-13-25(14-16-29)30(34)32-28-19-23(21-38-17-5-8-22-6-3-2-4-7-22)18-27(20-28)24-9-11-26(12-10-24)31(35)33-36/h2-16,18-20,36H,17,21H2,1H3,(H,32,34)(H,33,35)/b8-5+. The van der Waals surface area contributed by atoms with Crippen LogP contribution >= 0.6 is 0 Å². The highest BCUT2D eigenvalue weighted by atomic mass is 16.5. The van der Waals surface area contributed by atoms with Gasteiger partial charge in [-0.15, -0.1) is 0 Å². The molecule has 7 heteroatoms. The third-order valence-corrected chi connectivity index (χ3v) is 5.78. The van der Waals surface area contributed by atoms with Crippen LogP contribution in [0.5, 0.6) is 5.75 Å². The predicted molar refractivity (Wildman–Crippen MR) is 147 cm³/mol. The summed E-state index contributed by atoms with van der Waals surface area (Å²) < 4.78 is 11.0. The van der Waals surface area contributed by atoms with Crippen LogP contribution in [0.3, 0.4) is 0 Å². The van der Waals surface area contributed by atoms with Gasteiger partial charge in [0.15, 0.2) is 0 Å². The van der Waals surface area contributed by atoms with Gasteiger partial charge in [-0.3, -0.25) is 14.8 Å². The molecule has 0 unspecified atom stereocenters. The smallest absolute Gasteiger partial charge is 0.274 e. The van der Waals surface area contributed by atoms with E-state index in [4.69, 9.17) is 14.7 Å². The number of carbonyl (C=O) groups excluding carboxylic acids is 2. The van der Waals surface area contributed by atoms with Gasteiger partial charge in [-0.25, -0.2) is 5.48 Å². The van der Waals surface area contributed by atoms with E-state index in [9.17, 15) is 9.59 Å². The average Bonchev–Trinajstić information content (AvgIpc) is 2.97. The fourth-order valence-corrected chi connectivity index (χ4v) is 3.83. The molecule has 38 heavy (non-hydrogen) atoms. The van der Waals surface area contributed by atoms with Crippen LogP contribution in [0.15, 0.2) is 103 Å². The van der Waals surface area contributed by atoms with Crippen molar-refractivity contribution in [2.24, 2.45) is 0 Å². The summed E-state index contributed by atoms with van der Waals surface area (Å²) >= 11 is 0. The maximum absolute atomic E-state index is 12.9. The molecule has 192 valence electrons. The molecule has 0 aliphatic rings. The first kappa shape index (κ1) is 26.3. The zero-order chi connectivity index (χ0) is 26.7. The quantitative estimate of drug-likeness (QED) is 0.139. The summed E-state index contributed by atoms with van der Waals surface area (Å²) in [5, 5.41) is 11.8. The number of ether oxygens (including phenoxy) is 2. The summed E-state index contributed by atoms with van der Waals surface area (Å²) in [5.74, 6) is -0.172. The van der Waals surface area contributed by atoms with E-state index in [0.717, 1.165) is 22.3 Å². The summed E-state index contributed by atoms with van der Waals surface area (Å²) in [4.78, 5) is 24.6. The minimum absolute atomic E-state index is 0.252. The zero-order valence-electron chi connectivity index (χ0n) is 20.9. The largest absolute Gasteiger partial charge is 0.497 e. The molecule has 0 saturated carbocycles. The first-order valence-electron chi connectivity index (χ1n) is 12.0. The molecule has 7 nitrogen and oxygen atoms in total. The number of nitrogens with one attached hydrogen (secondary N) is 2. The Balaban J connectivity index is 1.53. The maximum atomic E-state index is 12.9. The van der Waals surface area contributed by atoms with Crippen LogP contribution in [0.1, 0.15) is 31.8 Å². The SMILES string of the molecule is COc1ccc(C(=O)Nc2cc(COC/C=C/c3ccccc3)cc(-c3ccc(C(=O)NO)cc3)c2)cc1.